The number of hydrogen-bond acceptors (Lipinski definition) is 7. The number of carbonyl (C=O) groups excluding carboxylic acids is 2. The Balaban J connectivity index is 1.90. The molecule has 1 heterocycles. The Kier molecular flexibility index (Phi) is 7.44. The van der Waals surface area contributed by atoms with Crippen LogP contribution >= 0.6 is 11.6 Å². The fourth-order valence-corrected chi connectivity index (χ4v) is 3.10. The number of halogens is 1. The van der Waals surface area contributed by atoms with Crippen LogP contribution in [0, 0.1) is 6.92 Å². The number of ether oxygens (including phenoxy) is 3. The van der Waals surface area contributed by atoms with Gasteiger partial charge in [0.1, 0.15) is 17.9 Å². The van der Waals surface area contributed by atoms with Gasteiger partial charge in [0.05, 0.1) is 12.2 Å². The number of rotatable bonds is 8. The van der Waals surface area contributed by atoms with Crippen molar-refractivity contribution in [1.82, 2.24) is 0 Å². The van der Waals surface area contributed by atoms with E-state index in [9.17, 15) is 14.4 Å². The molecule has 3 rings (SSSR count). The summed E-state index contributed by atoms with van der Waals surface area (Å²) in [5, 5.41) is 1.18. The minimum absolute atomic E-state index is 0.0799. The molecule has 1 aromatic heterocycles. The molecular weight excluding hydrogens is 424 g/mol. The van der Waals surface area contributed by atoms with Crippen molar-refractivity contribution in [2.45, 2.75) is 19.8 Å². The van der Waals surface area contributed by atoms with Crippen LogP contribution in [0.5, 0.6) is 5.75 Å². The van der Waals surface area contributed by atoms with Crippen LogP contribution in [0.15, 0.2) is 51.7 Å². The van der Waals surface area contributed by atoms with Gasteiger partial charge in [0.25, 0.3) is 0 Å². The molecule has 2 aromatic carbocycles. The van der Waals surface area contributed by atoms with E-state index in [2.05, 4.69) is 0 Å². The lowest BCUT2D eigenvalue weighted by molar-refractivity contribution is -0.144. The van der Waals surface area contributed by atoms with Crippen LogP contribution < -0.4 is 10.4 Å². The van der Waals surface area contributed by atoms with E-state index in [4.69, 9.17) is 30.2 Å². The van der Waals surface area contributed by atoms with E-state index >= 15 is 0 Å². The summed E-state index contributed by atoms with van der Waals surface area (Å²) in [4.78, 5) is 36.4. The third-order valence-corrected chi connectivity index (χ3v) is 4.82. The van der Waals surface area contributed by atoms with Gasteiger partial charge in [-0.15, -0.1) is 0 Å². The third-order valence-electron chi connectivity index (χ3n) is 4.56. The van der Waals surface area contributed by atoms with Crippen molar-refractivity contribution in [3.05, 3.63) is 74.6 Å². The lowest BCUT2D eigenvalue weighted by atomic mass is 10.0. The first kappa shape index (κ1) is 22.5. The van der Waals surface area contributed by atoms with Crippen molar-refractivity contribution < 1.29 is 28.2 Å². The van der Waals surface area contributed by atoms with E-state index in [1.807, 2.05) is 0 Å². The van der Waals surface area contributed by atoms with Crippen molar-refractivity contribution in [3.63, 3.8) is 0 Å². The maximum absolute atomic E-state index is 12.6. The van der Waals surface area contributed by atoms with Crippen LogP contribution in [0.4, 0.5) is 0 Å². The van der Waals surface area contributed by atoms with Gasteiger partial charge in [0.2, 0.25) is 0 Å². The fraction of sp³-hybridized carbons (Fsp3) is 0.261. The van der Waals surface area contributed by atoms with Gasteiger partial charge in [-0.05, 0) is 54.8 Å². The SMILES string of the molecule is COCCOC(=O)CCc1cc2c(C)cc(=O)oc2cc1OC(=O)c1ccc(Cl)cc1. The van der Waals surface area contributed by atoms with Crippen LogP contribution in [0.1, 0.15) is 27.9 Å². The van der Waals surface area contributed by atoms with E-state index in [1.54, 1.807) is 37.3 Å². The predicted octanol–water partition coefficient (Wildman–Crippen LogP) is 4.10. The number of aryl methyl sites for hydroxylation is 2. The summed E-state index contributed by atoms with van der Waals surface area (Å²) in [5.41, 5.74) is 1.41. The molecule has 0 aliphatic carbocycles. The molecule has 0 saturated heterocycles. The molecule has 0 atom stereocenters. The molecule has 0 saturated carbocycles. The molecular formula is C23H21ClO7. The smallest absolute Gasteiger partial charge is 0.343 e. The Morgan fingerprint density at radius 3 is 2.52 bits per heavy atom. The first-order valence-electron chi connectivity index (χ1n) is 9.57. The van der Waals surface area contributed by atoms with Crippen LogP contribution in [0.25, 0.3) is 11.0 Å². The van der Waals surface area contributed by atoms with Gasteiger partial charge in [-0.2, -0.15) is 0 Å². The maximum Gasteiger partial charge on any atom is 0.343 e. The Morgan fingerprint density at radius 2 is 1.81 bits per heavy atom. The highest BCUT2D eigenvalue weighted by atomic mass is 35.5. The minimum atomic E-state index is -0.602. The second kappa shape index (κ2) is 10.2. The second-order valence-electron chi connectivity index (χ2n) is 6.81. The average molecular weight is 445 g/mol. The molecule has 0 spiro atoms. The van der Waals surface area contributed by atoms with Gasteiger partial charge < -0.3 is 18.6 Å². The Morgan fingerprint density at radius 1 is 1.06 bits per heavy atom. The van der Waals surface area contributed by atoms with Crippen LogP contribution in [0.3, 0.4) is 0 Å². The normalized spacial score (nSPS) is 10.8. The lowest BCUT2D eigenvalue weighted by Gasteiger charge is -2.12. The monoisotopic (exact) mass is 444 g/mol. The van der Waals surface area contributed by atoms with E-state index in [-0.39, 0.29) is 30.8 Å². The average Bonchev–Trinajstić information content (AvgIpc) is 2.73. The van der Waals surface area contributed by atoms with Crippen LogP contribution in [-0.4, -0.2) is 32.3 Å². The molecule has 0 N–H and O–H groups in total. The highest BCUT2D eigenvalue weighted by Gasteiger charge is 2.16. The summed E-state index contributed by atoms with van der Waals surface area (Å²) in [6, 6.07) is 10.9. The molecule has 0 bridgehead atoms. The van der Waals surface area contributed by atoms with Crippen molar-refractivity contribution in [2.75, 3.05) is 20.3 Å². The van der Waals surface area contributed by atoms with E-state index in [1.165, 1.54) is 19.2 Å². The van der Waals surface area contributed by atoms with E-state index in [0.717, 1.165) is 0 Å². The first-order valence-corrected chi connectivity index (χ1v) is 9.95. The number of carbonyl (C=O) groups is 2. The third kappa shape index (κ3) is 5.93. The number of methoxy groups -OCH3 is 1. The maximum atomic E-state index is 12.6. The molecule has 162 valence electrons. The van der Waals surface area contributed by atoms with E-state index in [0.29, 0.717) is 33.7 Å². The summed E-state index contributed by atoms with van der Waals surface area (Å²) in [6.45, 7) is 2.25. The second-order valence-corrected chi connectivity index (χ2v) is 7.25. The zero-order valence-electron chi connectivity index (χ0n) is 17.1. The van der Waals surface area contributed by atoms with Crippen LogP contribution in [-0.2, 0) is 20.7 Å². The number of esters is 2. The molecule has 31 heavy (non-hydrogen) atoms. The summed E-state index contributed by atoms with van der Waals surface area (Å²) < 4.78 is 20.8. The summed E-state index contributed by atoms with van der Waals surface area (Å²) >= 11 is 5.87. The summed E-state index contributed by atoms with van der Waals surface area (Å²) in [6.07, 6.45) is 0.347. The molecule has 0 radical (unpaired) electrons. The molecule has 0 fully saturated rings. The quantitative estimate of drug-likeness (QED) is 0.223. The Bertz CT molecular complexity index is 1150. The largest absolute Gasteiger partial charge is 0.463 e. The van der Waals surface area contributed by atoms with Gasteiger partial charge in [-0.25, -0.2) is 9.59 Å². The zero-order chi connectivity index (χ0) is 22.4. The summed E-state index contributed by atoms with van der Waals surface area (Å²) in [7, 11) is 1.52. The fourth-order valence-electron chi connectivity index (χ4n) is 2.97. The predicted molar refractivity (Wildman–Crippen MR) is 115 cm³/mol. The Labute approximate surface area is 183 Å². The Hall–Kier alpha value is -3.16. The molecule has 7 nitrogen and oxygen atoms in total. The highest BCUT2D eigenvalue weighted by molar-refractivity contribution is 6.30. The lowest BCUT2D eigenvalue weighted by Crippen LogP contribution is -2.12. The number of hydrogen-bond donors (Lipinski definition) is 0. The van der Waals surface area contributed by atoms with Crippen molar-refractivity contribution in [1.29, 1.82) is 0 Å². The van der Waals surface area contributed by atoms with Crippen molar-refractivity contribution >= 4 is 34.5 Å². The molecule has 0 aliphatic rings. The number of benzene rings is 2. The zero-order valence-corrected chi connectivity index (χ0v) is 17.9. The molecule has 3 aromatic rings. The molecule has 0 aliphatic heterocycles. The van der Waals surface area contributed by atoms with E-state index < -0.39 is 17.6 Å². The topological polar surface area (TPSA) is 92.0 Å². The highest BCUT2D eigenvalue weighted by Crippen LogP contribution is 2.29. The van der Waals surface area contributed by atoms with Gasteiger partial charge in [-0.3, -0.25) is 4.79 Å². The molecule has 0 amide bonds. The van der Waals surface area contributed by atoms with Crippen LogP contribution in [0.2, 0.25) is 5.02 Å². The van der Waals surface area contributed by atoms with Gasteiger partial charge in [0.15, 0.2) is 0 Å². The van der Waals surface area contributed by atoms with Crippen molar-refractivity contribution in [2.24, 2.45) is 0 Å². The number of fused-ring (bicyclic) bond motifs is 1. The van der Waals surface area contributed by atoms with Gasteiger partial charge in [0, 0.05) is 36.1 Å². The van der Waals surface area contributed by atoms with Gasteiger partial charge >= 0.3 is 17.6 Å². The molecule has 0 unspecified atom stereocenters. The minimum Gasteiger partial charge on any atom is -0.463 e. The van der Waals surface area contributed by atoms with Crippen molar-refractivity contribution in [3.8, 4) is 5.75 Å². The first-order chi connectivity index (χ1) is 14.9. The van der Waals surface area contributed by atoms with Gasteiger partial charge in [-0.1, -0.05) is 11.6 Å². The molecule has 8 heteroatoms. The summed E-state index contributed by atoms with van der Waals surface area (Å²) in [5.74, 6) is -0.802. The standard InChI is InChI=1S/C23H21ClO7/c1-14-11-22(26)30-20-13-19(31-23(27)15-3-6-17(24)7-4-15)16(12-18(14)20)5-8-21(25)29-10-9-28-2/h3-4,6-7,11-13H,5,8-10H2,1-2H3.